The molecular weight excluding hydrogens is 176 g/mol. The molecule has 0 aliphatic rings. The summed E-state index contributed by atoms with van der Waals surface area (Å²) in [7, 11) is 0. The summed E-state index contributed by atoms with van der Waals surface area (Å²) in [6.07, 6.45) is 1.94. The zero-order chi connectivity index (χ0) is 3.41. The molecule has 0 aromatic carbocycles. The standard InChI is InChI=1S/C3H5.Ce/c1-3-2;/h3H,1-2H2;. The van der Waals surface area contributed by atoms with Gasteiger partial charge >= 0.3 is 54.2 Å². The third-order valence-electron chi connectivity index (χ3n) is 0.144. The predicted octanol–water partition coefficient (Wildman–Crippen LogP) is 1.14. The summed E-state index contributed by atoms with van der Waals surface area (Å²) in [6.45, 7) is 3.51. The van der Waals surface area contributed by atoms with Gasteiger partial charge in [0.25, 0.3) is 0 Å². The van der Waals surface area contributed by atoms with Crippen molar-refractivity contribution in [2.45, 2.75) is 1.94 Å². The normalized spacial score (nSPS) is 5.75. The van der Waals surface area contributed by atoms with E-state index in [9.17, 15) is 0 Å². The molecule has 0 radical (unpaired) electrons. The van der Waals surface area contributed by atoms with Crippen LogP contribution in [0.4, 0.5) is 0 Å². The van der Waals surface area contributed by atoms with E-state index >= 15 is 0 Å². The van der Waals surface area contributed by atoms with Gasteiger partial charge in [0.05, 0.1) is 0 Å². The van der Waals surface area contributed by atoms with Crippen LogP contribution in [0.25, 0.3) is 0 Å². The molecular formula is C3H5Ce. The second-order valence-electron chi connectivity index (χ2n) is 0.493. The van der Waals surface area contributed by atoms with Gasteiger partial charge in [-0.05, 0) is 0 Å². The summed E-state index contributed by atoms with van der Waals surface area (Å²) in [6, 6.07) is 0. The molecule has 0 saturated carbocycles. The Morgan fingerprint density at radius 3 is 2.25 bits per heavy atom. The van der Waals surface area contributed by atoms with Crippen LogP contribution in [0.3, 0.4) is 0 Å². The fourth-order valence-corrected chi connectivity index (χ4v) is 0. The average molecular weight is 181 g/mol. The molecule has 0 rings (SSSR count). The molecule has 0 aromatic rings. The third-order valence-corrected chi connectivity index (χ3v) is 1.05. The minimum atomic E-state index is 1.22. The molecule has 0 nitrogen and oxygen atoms in total. The van der Waals surface area contributed by atoms with Crippen molar-refractivity contribution < 1.29 is 39.6 Å². The van der Waals surface area contributed by atoms with E-state index in [1.165, 1.54) is 41.6 Å². The quantitative estimate of drug-likeness (QED) is 0.532. The van der Waals surface area contributed by atoms with Gasteiger partial charge < -0.3 is 0 Å². The van der Waals surface area contributed by atoms with E-state index in [2.05, 4.69) is 6.58 Å². The topological polar surface area (TPSA) is 0 Å². The van der Waals surface area contributed by atoms with Crippen LogP contribution < -0.4 is 0 Å². The molecule has 0 aliphatic carbocycles. The number of hydrogen-bond donors (Lipinski definition) is 0. The van der Waals surface area contributed by atoms with E-state index in [1.807, 2.05) is 6.08 Å². The molecule has 0 fully saturated rings. The van der Waals surface area contributed by atoms with Crippen LogP contribution in [0, 0.1) is 39.6 Å². The predicted molar refractivity (Wildman–Crippen MR) is 15.0 cm³/mol. The van der Waals surface area contributed by atoms with Crippen molar-refractivity contribution in [2.75, 3.05) is 0 Å². The van der Waals surface area contributed by atoms with E-state index < -0.39 is 0 Å². The molecule has 4 heavy (non-hydrogen) atoms. The van der Waals surface area contributed by atoms with Gasteiger partial charge in [-0.1, -0.05) is 0 Å². The SMILES string of the molecule is C=C[CH2][Ce]. The molecule has 0 aliphatic heterocycles. The summed E-state index contributed by atoms with van der Waals surface area (Å²) < 4.78 is 1.22. The molecule has 21 valence electrons. The van der Waals surface area contributed by atoms with Crippen LogP contribution in [0.1, 0.15) is 0 Å². The fourth-order valence-electron chi connectivity index (χ4n) is 0. The first kappa shape index (κ1) is 5.12. The van der Waals surface area contributed by atoms with Gasteiger partial charge in [-0.3, -0.25) is 0 Å². The second-order valence-corrected chi connectivity index (χ2v) is 1.77. The molecule has 0 amide bonds. The van der Waals surface area contributed by atoms with E-state index in [0.29, 0.717) is 0 Å². The Bertz CT molecular complexity index is 17.2. The Morgan fingerprint density at radius 2 is 2.25 bits per heavy atom. The molecule has 0 unspecified atom stereocenters. The zero-order valence-electron chi connectivity index (χ0n) is 2.49. The number of hydrogen-bond acceptors (Lipinski definition) is 0. The van der Waals surface area contributed by atoms with Crippen molar-refractivity contribution in [1.82, 2.24) is 0 Å². The van der Waals surface area contributed by atoms with E-state index in [1.54, 1.807) is 0 Å². The summed E-state index contributed by atoms with van der Waals surface area (Å²) in [4.78, 5) is 0. The Labute approximate surface area is 53.6 Å². The van der Waals surface area contributed by atoms with Crippen LogP contribution in [-0.2, 0) is 0 Å². The number of allylic oxidation sites excluding steroid dienone is 1. The summed E-state index contributed by atoms with van der Waals surface area (Å²) in [5, 5.41) is 0. The molecule has 0 bridgehead atoms. The van der Waals surface area contributed by atoms with Crippen LogP contribution in [0.2, 0.25) is 1.94 Å². The summed E-state index contributed by atoms with van der Waals surface area (Å²) >= 11 is 1.27. The van der Waals surface area contributed by atoms with Crippen molar-refractivity contribution in [3.8, 4) is 0 Å². The Balaban J connectivity index is 2.30. The van der Waals surface area contributed by atoms with Gasteiger partial charge in [0, 0.05) is 0 Å². The van der Waals surface area contributed by atoms with E-state index in [4.69, 9.17) is 0 Å². The average Bonchev–Trinajstić information content (AvgIpc) is 1.37. The Morgan fingerprint density at radius 1 is 2.00 bits per heavy atom. The van der Waals surface area contributed by atoms with Gasteiger partial charge in [0.15, 0.2) is 0 Å². The van der Waals surface area contributed by atoms with Crippen LogP contribution >= 0.6 is 0 Å². The van der Waals surface area contributed by atoms with Crippen LogP contribution in [-0.4, -0.2) is 0 Å². The van der Waals surface area contributed by atoms with Crippen LogP contribution in [0.5, 0.6) is 0 Å². The van der Waals surface area contributed by atoms with Gasteiger partial charge in [-0.2, -0.15) is 0 Å². The first-order chi connectivity index (χ1) is 1.91. The van der Waals surface area contributed by atoms with Crippen molar-refractivity contribution in [3.05, 3.63) is 12.7 Å². The van der Waals surface area contributed by atoms with Gasteiger partial charge in [-0.25, -0.2) is 0 Å². The van der Waals surface area contributed by atoms with Crippen molar-refractivity contribution in [2.24, 2.45) is 0 Å². The van der Waals surface area contributed by atoms with E-state index in [0.717, 1.165) is 0 Å². The summed E-state index contributed by atoms with van der Waals surface area (Å²) in [5.74, 6) is 0. The number of rotatable bonds is 1. The molecule has 0 N–H and O–H groups in total. The van der Waals surface area contributed by atoms with Gasteiger partial charge in [0.2, 0.25) is 0 Å². The summed E-state index contributed by atoms with van der Waals surface area (Å²) in [5.41, 5.74) is 0. The van der Waals surface area contributed by atoms with Gasteiger partial charge in [-0.15, -0.1) is 0 Å². The molecule has 1 heteroatoms. The van der Waals surface area contributed by atoms with E-state index in [-0.39, 0.29) is 0 Å². The second kappa shape index (κ2) is 4.12. The fraction of sp³-hybridized carbons (Fsp3) is 0.333. The van der Waals surface area contributed by atoms with Crippen molar-refractivity contribution >= 4 is 0 Å². The van der Waals surface area contributed by atoms with Crippen molar-refractivity contribution in [1.29, 1.82) is 0 Å². The first-order valence-corrected chi connectivity index (χ1v) is 3.39. The molecule has 0 saturated heterocycles. The van der Waals surface area contributed by atoms with Crippen LogP contribution in [0.15, 0.2) is 12.7 Å². The molecule has 0 heterocycles. The molecule has 0 aromatic heterocycles. The Kier molecular flexibility index (Phi) is 5.27. The third kappa shape index (κ3) is 3.12. The minimum absolute atomic E-state index is 1.22. The molecule has 0 spiro atoms. The van der Waals surface area contributed by atoms with Gasteiger partial charge in [0.1, 0.15) is 0 Å². The molecule has 0 atom stereocenters. The maximum absolute atomic E-state index is 3.51. The monoisotopic (exact) mass is 181 g/mol. The maximum atomic E-state index is 3.51. The zero-order valence-corrected chi connectivity index (χ0v) is 5.63. The Hall–Kier alpha value is 1.12. The first-order valence-electron chi connectivity index (χ1n) is 1.17. The van der Waals surface area contributed by atoms with Crippen molar-refractivity contribution in [3.63, 3.8) is 0 Å².